The molecule has 1 aromatic rings. The quantitative estimate of drug-likeness (QED) is 0.583. The SMILES string of the molecule is O=C(NCC[C@@H]1CC[C@H](NC(=O)C2CCOCC2)[C@H](CO)O1)c1cc(Cl)cc(Cl)c1. The van der Waals surface area contributed by atoms with Gasteiger partial charge in [0.2, 0.25) is 5.91 Å². The van der Waals surface area contributed by atoms with Gasteiger partial charge < -0.3 is 25.2 Å². The fourth-order valence-electron chi connectivity index (χ4n) is 3.90. The number of aliphatic hydroxyl groups is 1. The summed E-state index contributed by atoms with van der Waals surface area (Å²) in [6.45, 7) is 1.48. The Morgan fingerprint density at radius 2 is 1.77 bits per heavy atom. The third-order valence-electron chi connectivity index (χ3n) is 5.59. The number of hydrogen-bond acceptors (Lipinski definition) is 5. The van der Waals surface area contributed by atoms with Gasteiger partial charge in [-0.1, -0.05) is 23.2 Å². The van der Waals surface area contributed by atoms with Crippen LogP contribution in [-0.2, 0) is 14.3 Å². The van der Waals surface area contributed by atoms with Crippen molar-refractivity contribution < 1.29 is 24.2 Å². The van der Waals surface area contributed by atoms with Crippen LogP contribution >= 0.6 is 23.2 Å². The highest BCUT2D eigenvalue weighted by atomic mass is 35.5. The number of halogens is 2. The van der Waals surface area contributed by atoms with E-state index in [1.807, 2.05) is 0 Å². The Kier molecular flexibility index (Phi) is 8.77. The zero-order valence-corrected chi connectivity index (χ0v) is 18.3. The lowest BCUT2D eigenvalue weighted by atomic mass is 9.94. The van der Waals surface area contributed by atoms with Crippen molar-refractivity contribution in [2.45, 2.75) is 50.4 Å². The van der Waals surface area contributed by atoms with Crippen molar-refractivity contribution in [3.8, 4) is 0 Å². The number of benzene rings is 1. The molecule has 2 saturated heterocycles. The maximum absolute atomic E-state index is 12.5. The molecule has 166 valence electrons. The molecule has 0 aromatic heterocycles. The van der Waals surface area contributed by atoms with Gasteiger partial charge >= 0.3 is 0 Å². The molecule has 2 fully saturated rings. The minimum atomic E-state index is -0.449. The summed E-state index contributed by atoms with van der Waals surface area (Å²) in [4.78, 5) is 24.7. The van der Waals surface area contributed by atoms with E-state index in [0.29, 0.717) is 41.8 Å². The minimum Gasteiger partial charge on any atom is -0.394 e. The molecule has 3 atom stereocenters. The molecule has 0 aliphatic carbocycles. The summed E-state index contributed by atoms with van der Waals surface area (Å²) in [6, 6.07) is 4.49. The molecule has 0 spiro atoms. The number of aliphatic hydroxyl groups excluding tert-OH is 1. The van der Waals surface area contributed by atoms with Crippen LogP contribution in [0.1, 0.15) is 42.5 Å². The highest BCUT2D eigenvalue weighted by Crippen LogP contribution is 2.23. The van der Waals surface area contributed by atoms with Crippen molar-refractivity contribution in [2.24, 2.45) is 5.92 Å². The van der Waals surface area contributed by atoms with Gasteiger partial charge in [0.1, 0.15) is 6.10 Å². The van der Waals surface area contributed by atoms with E-state index in [9.17, 15) is 14.7 Å². The molecule has 30 heavy (non-hydrogen) atoms. The highest BCUT2D eigenvalue weighted by molar-refractivity contribution is 6.35. The zero-order valence-electron chi connectivity index (χ0n) is 16.7. The van der Waals surface area contributed by atoms with Crippen LogP contribution in [0.15, 0.2) is 18.2 Å². The second-order valence-electron chi connectivity index (χ2n) is 7.76. The van der Waals surface area contributed by atoms with Crippen LogP contribution in [0.4, 0.5) is 0 Å². The van der Waals surface area contributed by atoms with Crippen LogP contribution in [0, 0.1) is 5.92 Å². The average Bonchev–Trinajstić information content (AvgIpc) is 2.74. The summed E-state index contributed by atoms with van der Waals surface area (Å²) < 4.78 is 11.3. The molecule has 3 rings (SSSR count). The molecular formula is C21H28Cl2N2O5. The number of carbonyl (C=O) groups is 2. The molecule has 2 heterocycles. The number of nitrogens with one attached hydrogen (secondary N) is 2. The predicted octanol–water partition coefficient (Wildman–Crippen LogP) is 2.56. The monoisotopic (exact) mass is 458 g/mol. The molecule has 0 bridgehead atoms. The first kappa shape index (κ1) is 23.3. The second-order valence-corrected chi connectivity index (χ2v) is 8.63. The van der Waals surface area contributed by atoms with Gasteiger partial charge in [-0.05, 0) is 50.3 Å². The Hall–Kier alpha value is -1.38. The number of carbonyl (C=O) groups excluding carboxylic acids is 2. The Labute approximate surface area is 186 Å². The van der Waals surface area contributed by atoms with Crippen molar-refractivity contribution in [2.75, 3.05) is 26.4 Å². The molecule has 2 aliphatic rings. The minimum absolute atomic E-state index is 0.0104. The average molecular weight is 459 g/mol. The normalized spacial score (nSPS) is 25.0. The van der Waals surface area contributed by atoms with Gasteiger partial charge in [0, 0.05) is 41.3 Å². The summed E-state index contributed by atoms with van der Waals surface area (Å²) in [5, 5.41) is 16.4. The fourth-order valence-corrected chi connectivity index (χ4v) is 4.43. The lowest BCUT2D eigenvalue weighted by Crippen LogP contribution is -2.52. The number of amides is 2. The lowest BCUT2D eigenvalue weighted by molar-refractivity contribution is -0.134. The topological polar surface area (TPSA) is 96.9 Å². The summed E-state index contributed by atoms with van der Waals surface area (Å²) in [6.07, 6.45) is 2.98. The number of ether oxygens (including phenoxy) is 2. The van der Waals surface area contributed by atoms with E-state index in [-0.39, 0.29) is 36.5 Å². The first-order valence-corrected chi connectivity index (χ1v) is 11.1. The Morgan fingerprint density at radius 1 is 1.07 bits per heavy atom. The molecule has 3 N–H and O–H groups in total. The first-order valence-electron chi connectivity index (χ1n) is 10.3. The Balaban J connectivity index is 1.43. The summed E-state index contributed by atoms with van der Waals surface area (Å²) in [5.41, 5.74) is 0.404. The summed E-state index contributed by atoms with van der Waals surface area (Å²) >= 11 is 11.9. The van der Waals surface area contributed by atoms with Crippen molar-refractivity contribution in [1.82, 2.24) is 10.6 Å². The number of hydrogen-bond donors (Lipinski definition) is 3. The molecule has 2 amide bonds. The van der Waals surface area contributed by atoms with Crippen LogP contribution in [-0.4, -0.2) is 61.5 Å². The largest absolute Gasteiger partial charge is 0.394 e. The van der Waals surface area contributed by atoms with Gasteiger partial charge in [-0.25, -0.2) is 0 Å². The first-order chi connectivity index (χ1) is 14.5. The van der Waals surface area contributed by atoms with Crippen LogP contribution in [0.2, 0.25) is 10.0 Å². The summed E-state index contributed by atoms with van der Waals surface area (Å²) in [5.74, 6) is -0.280. The van der Waals surface area contributed by atoms with E-state index in [1.165, 1.54) is 0 Å². The van der Waals surface area contributed by atoms with Gasteiger partial charge in [0.25, 0.3) is 5.91 Å². The Morgan fingerprint density at radius 3 is 2.43 bits per heavy atom. The van der Waals surface area contributed by atoms with E-state index in [4.69, 9.17) is 32.7 Å². The van der Waals surface area contributed by atoms with Crippen LogP contribution in [0.3, 0.4) is 0 Å². The maximum Gasteiger partial charge on any atom is 0.251 e. The van der Waals surface area contributed by atoms with Gasteiger partial charge in [-0.2, -0.15) is 0 Å². The molecule has 9 heteroatoms. The fraction of sp³-hybridized carbons (Fsp3) is 0.619. The standard InChI is InChI=1S/C21H28Cl2N2O5/c22-15-9-14(10-16(23)11-15)20(27)24-6-3-17-1-2-18(19(12-26)30-17)25-21(28)13-4-7-29-8-5-13/h9-11,13,17-19,26H,1-8,12H2,(H,24,27)(H,25,28)/t17-,18-,19-/m0/s1. The molecule has 0 saturated carbocycles. The van der Waals surface area contributed by atoms with Crippen molar-refractivity contribution in [1.29, 1.82) is 0 Å². The van der Waals surface area contributed by atoms with E-state index in [0.717, 1.165) is 25.7 Å². The van der Waals surface area contributed by atoms with Crippen molar-refractivity contribution in [3.05, 3.63) is 33.8 Å². The molecular weight excluding hydrogens is 431 g/mol. The third kappa shape index (κ3) is 6.56. The zero-order chi connectivity index (χ0) is 21.5. The molecule has 0 unspecified atom stereocenters. The summed E-state index contributed by atoms with van der Waals surface area (Å²) in [7, 11) is 0. The van der Waals surface area contributed by atoms with E-state index >= 15 is 0 Å². The van der Waals surface area contributed by atoms with Gasteiger partial charge in [0.15, 0.2) is 0 Å². The van der Waals surface area contributed by atoms with Gasteiger partial charge in [0.05, 0.1) is 18.8 Å². The molecule has 7 nitrogen and oxygen atoms in total. The third-order valence-corrected chi connectivity index (χ3v) is 6.03. The van der Waals surface area contributed by atoms with E-state index < -0.39 is 6.10 Å². The van der Waals surface area contributed by atoms with Gasteiger partial charge in [-0.3, -0.25) is 9.59 Å². The van der Waals surface area contributed by atoms with E-state index in [2.05, 4.69) is 10.6 Å². The molecule has 2 aliphatic heterocycles. The van der Waals surface area contributed by atoms with Crippen LogP contribution in [0.5, 0.6) is 0 Å². The predicted molar refractivity (Wildman–Crippen MR) is 114 cm³/mol. The lowest BCUT2D eigenvalue weighted by Gasteiger charge is -2.37. The molecule has 1 aromatic carbocycles. The van der Waals surface area contributed by atoms with Crippen molar-refractivity contribution in [3.63, 3.8) is 0 Å². The highest BCUT2D eigenvalue weighted by Gasteiger charge is 2.33. The second kappa shape index (κ2) is 11.3. The van der Waals surface area contributed by atoms with Crippen LogP contribution < -0.4 is 10.6 Å². The van der Waals surface area contributed by atoms with Crippen molar-refractivity contribution >= 4 is 35.0 Å². The smallest absolute Gasteiger partial charge is 0.251 e. The number of rotatable bonds is 7. The van der Waals surface area contributed by atoms with Gasteiger partial charge in [-0.15, -0.1) is 0 Å². The van der Waals surface area contributed by atoms with E-state index in [1.54, 1.807) is 18.2 Å². The maximum atomic E-state index is 12.5. The Bertz CT molecular complexity index is 722. The molecule has 0 radical (unpaired) electrons. The van der Waals surface area contributed by atoms with Crippen LogP contribution in [0.25, 0.3) is 0 Å².